The predicted octanol–water partition coefficient (Wildman–Crippen LogP) is 6.50. The second-order valence-corrected chi connectivity index (χ2v) is 14.0. The Hall–Kier alpha value is -4.05. The van der Waals surface area contributed by atoms with Crippen LogP contribution < -0.4 is 16.0 Å². The highest BCUT2D eigenvalue weighted by atomic mass is 16.6. The Morgan fingerprint density at radius 3 is 2.47 bits per heavy atom. The van der Waals surface area contributed by atoms with E-state index in [0.717, 1.165) is 44.2 Å². The third kappa shape index (κ3) is 9.50. The summed E-state index contributed by atoms with van der Waals surface area (Å²) in [4.78, 5) is 40.9. The number of anilines is 1. The topological polar surface area (TPSA) is 114 Å². The van der Waals surface area contributed by atoms with E-state index in [9.17, 15) is 14.4 Å². The third-order valence-corrected chi connectivity index (χ3v) is 8.91. The van der Waals surface area contributed by atoms with Gasteiger partial charge in [0.05, 0.1) is 0 Å². The lowest BCUT2D eigenvalue weighted by molar-refractivity contribution is -0.132. The Kier molecular flexibility index (Phi) is 11.1. The lowest BCUT2D eigenvalue weighted by Crippen LogP contribution is -2.46. The summed E-state index contributed by atoms with van der Waals surface area (Å²) in [6.45, 7) is 10.6. The molecule has 2 aliphatic rings. The number of aryl methyl sites for hydroxylation is 2. The van der Waals surface area contributed by atoms with Gasteiger partial charge in [0.1, 0.15) is 5.60 Å². The second kappa shape index (κ2) is 15.2. The second-order valence-electron chi connectivity index (χ2n) is 14.0. The Labute approximate surface area is 278 Å². The van der Waals surface area contributed by atoms with Crippen molar-refractivity contribution in [2.45, 2.75) is 103 Å². The molecule has 3 aromatic rings. The molecular formula is C37H51N5O5. The molecule has 1 aliphatic carbocycles. The first-order valence-corrected chi connectivity index (χ1v) is 17.0. The van der Waals surface area contributed by atoms with Gasteiger partial charge in [-0.1, -0.05) is 30.3 Å². The molecule has 2 fully saturated rings. The van der Waals surface area contributed by atoms with Crippen molar-refractivity contribution in [1.82, 2.24) is 20.1 Å². The van der Waals surface area contributed by atoms with Gasteiger partial charge in [0.2, 0.25) is 5.91 Å². The number of nitrogens with zero attached hydrogens (tertiary/aromatic N) is 2. The van der Waals surface area contributed by atoms with Crippen molar-refractivity contribution >= 4 is 34.6 Å². The van der Waals surface area contributed by atoms with Gasteiger partial charge < -0.3 is 34.9 Å². The molecule has 1 unspecified atom stereocenters. The van der Waals surface area contributed by atoms with Crippen molar-refractivity contribution in [1.29, 1.82) is 0 Å². The van der Waals surface area contributed by atoms with E-state index in [4.69, 9.17) is 9.47 Å². The zero-order valence-corrected chi connectivity index (χ0v) is 28.6. The van der Waals surface area contributed by atoms with Gasteiger partial charge in [0, 0.05) is 80.1 Å². The molecule has 2 aromatic carbocycles. The molecule has 10 heteroatoms. The first-order valence-electron chi connectivity index (χ1n) is 17.0. The van der Waals surface area contributed by atoms with Gasteiger partial charge >= 0.3 is 12.1 Å². The fourth-order valence-electron chi connectivity index (χ4n) is 6.63. The quantitative estimate of drug-likeness (QED) is 0.195. The number of rotatable bonds is 12. The summed E-state index contributed by atoms with van der Waals surface area (Å²) in [7, 11) is 1.73. The van der Waals surface area contributed by atoms with Crippen molar-refractivity contribution in [3.05, 3.63) is 65.4 Å². The lowest BCUT2D eigenvalue weighted by Gasteiger charge is -2.35. The molecule has 10 nitrogen and oxygen atoms in total. The maximum atomic E-state index is 13.9. The van der Waals surface area contributed by atoms with Crippen LogP contribution >= 0.6 is 0 Å². The SMILES string of the molecule is COCCCn1c(C2CCCN(C(=O)C[C@@H](Cc3ccc(NC(=O)NC4CC4)cc3)NC(=O)OC(C)(C)C)C2)c(C)c2ccccc21. The van der Waals surface area contributed by atoms with Gasteiger partial charge in [-0.2, -0.15) is 0 Å². The van der Waals surface area contributed by atoms with Gasteiger partial charge in [0.25, 0.3) is 0 Å². The summed E-state index contributed by atoms with van der Waals surface area (Å²) in [6, 6.07) is 15.7. The van der Waals surface area contributed by atoms with Crippen LogP contribution in [0.1, 0.15) is 82.0 Å². The molecular weight excluding hydrogens is 594 g/mol. The fraction of sp³-hybridized carbons (Fsp3) is 0.541. The van der Waals surface area contributed by atoms with Crippen LogP contribution in [0.4, 0.5) is 15.3 Å². The van der Waals surface area contributed by atoms with E-state index in [2.05, 4.69) is 51.7 Å². The number of aromatic nitrogens is 1. The minimum absolute atomic E-state index is 0.0190. The highest BCUT2D eigenvalue weighted by molar-refractivity contribution is 5.89. The van der Waals surface area contributed by atoms with Crippen molar-refractivity contribution in [3.8, 4) is 0 Å². The molecule has 1 saturated heterocycles. The lowest BCUT2D eigenvalue weighted by atomic mass is 9.91. The monoisotopic (exact) mass is 645 g/mol. The summed E-state index contributed by atoms with van der Waals surface area (Å²) in [5.41, 5.74) is 4.79. The number of carbonyl (C=O) groups is 3. The van der Waals surface area contributed by atoms with E-state index in [-0.39, 0.29) is 30.3 Å². The van der Waals surface area contributed by atoms with Gasteiger partial charge in [-0.05, 0) is 95.5 Å². The Balaban J connectivity index is 1.29. The van der Waals surface area contributed by atoms with Gasteiger partial charge in [-0.15, -0.1) is 0 Å². The van der Waals surface area contributed by atoms with Crippen LogP contribution in [0.25, 0.3) is 10.9 Å². The number of para-hydroxylation sites is 1. The zero-order valence-electron chi connectivity index (χ0n) is 28.6. The number of amides is 4. The van der Waals surface area contributed by atoms with E-state index >= 15 is 0 Å². The van der Waals surface area contributed by atoms with Crippen molar-refractivity contribution in [2.75, 3.05) is 32.1 Å². The van der Waals surface area contributed by atoms with E-state index < -0.39 is 17.7 Å². The van der Waals surface area contributed by atoms with Crippen molar-refractivity contribution in [2.24, 2.45) is 0 Å². The summed E-state index contributed by atoms with van der Waals surface area (Å²) in [6.07, 6.45) is 4.96. The molecule has 4 amide bonds. The molecule has 1 aliphatic heterocycles. The van der Waals surface area contributed by atoms with Crippen LogP contribution in [0, 0.1) is 6.92 Å². The number of hydrogen-bond donors (Lipinski definition) is 3. The van der Waals surface area contributed by atoms with E-state index in [1.54, 1.807) is 7.11 Å². The smallest absolute Gasteiger partial charge is 0.407 e. The number of nitrogens with one attached hydrogen (secondary N) is 3. The molecule has 1 saturated carbocycles. The Morgan fingerprint density at radius 1 is 1.02 bits per heavy atom. The number of fused-ring (bicyclic) bond motifs is 1. The van der Waals surface area contributed by atoms with Crippen LogP contribution in [-0.2, 0) is 27.2 Å². The highest BCUT2D eigenvalue weighted by Gasteiger charge is 2.31. The number of alkyl carbamates (subject to hydrolysis) is 1. The van der Waals surface area contributed by atoms with Crippen LogP contribution in [0.3, 0.4) is 0 Å². The summed E-state index contributed by atoms with van der Waals surface area (Å²) >= 11 is 0. The van der Waals surface area contributed by atoms with Gasteiger partial charge in [-0.25, -0.2) is 9.59 Å². The largest absolute Gasteiger partial charge is 0.444 e. The van der Waals surface area contributed by atoms with Crippen molar-refractivity contribution in [3.63, 3.8) is 0 Å². The molecule has 0 radical (unpaired) electrons. The minimum Gasteiger partial charge on any atom is -0.444 e. The summed E-state index contributed by atoms with van der Waals surface area (Å²) in [5, 5.41) is 10.0. The maximum absolute atomic E-state index is 13.9. The van der Waals surface area contributed by atoms with E-state index in [0.29, 0.717) is 31.8 Å². The summed E-state index contributed by atoms with van der Waals surface area (Å²) < 4.78 is 13.4. The normalized spacial score (nSPS) is 17.3. The van der Waals surface area contributed by atoms with E-state index in [1.165, 1.54) is 22.2 Å². The molecule has 2 atom stereocenters. The molecule has 254 valence electrons. The fourth-order valence-corrected chi connectivity index (χ4v) is 6.63. The molecule has 5 rings (SSSR count). The molecule has 3 N–H and O–H groups in total. The molecule has 2 heterocycles. The number of carbonyl (C=O) groups excluding carboxylic acids is 3. The molecule has 0 bridgehead atoms. The number of ether oxygens (including phenoxy) is 2. The number of benzene rings is 2. The van der Waals surface area contributed by atoms with Crippen LogP contribution in [-0.4, -0.2) is 72.0 Å². The zero-order chi connectivity index (χ0) is 33.6. The average molecular weight is 646 g/mol. The molecule has 1 aromatic heterocycles. The maximum Gasteiger partial charge on any atom is 0.407 e. The number of piperidine rings is 1. The highest BCUT2D eigenvalue weighted by Crippen LogP contribution is 2.36. The molecule has 0 spiro atoms. The minimum atomic E-state index is -0.660. The predicted molar refractivity (Wildman–Crippen MR) is 185 cm³/mol. The average Bonchev–Trinajstić information content (AvgIpc) is 3.79. The van der Waals surface area contributed by atoms with Crippen LogP contribution in [0.5, 0.6) is 0 Å². The standard InChI is InChI=1S/C37H51N5O5/c1-25-31-11-6-7-12-32(31)42(20-9-21-46-5)34(25)27-10-8-19-41(24-27)33(43)23-30(40-36(45)47-37(2,3)4)22-26-13-15-28(16-14-26)38-35(44)39-29-17-18-29/h6-7,11-16,27,29-30H,8-10,17-24H2,1-5H3,(H,40,45)(H2,38,39,44)/t27?,30-/m1/s1. The Morgan fingerprint density at radius 2 is 1.77 bits per heavy atom. The first kappa shape index (κ1) is 34.3. The molecule has 47 heavy (non-hydrogen) atoms. The Bertz CT molecular complexity index is 1540. The number of hydrogen-bond acceptors (Lipinski definition) is 5. The van der Waals surface area contributed by atoms with Crippen molar-refractivity contribution < 1.29 is 23.9 Å². The van der Waals surface area contributed by atoms with Crippen LogP contribution in [0.2, 0.25) is 0 Å². The number of methoxy groups -OCH3 is 1. The summed E-state index contributed by atoms with van der Waals surface area (Å²) in [5.74, 6) is 0.238. The van der Waals surface area contributed by atoms with E-state index in [1.807, 2.05) is 49.9 Å². The number of urea groups is 1. The first-order chi connectivity index (χ1) is 22.5. The van der Waals surface area contributed by atoms with Crippen LogP contribution in [0.15, 0.2) is 48.5 Å². The number of likely N-dealkylation sites (tertiary alicyclic amines) is 1. The van der Waals surface area contributed by atoms with Gasteiger partial charge in [-0.3, -0.25) is 4.79 Å². The third-order valence-electron chi connectivity index (χ3n) is 8.91. The van der Waals surface area contributed by atoms with Gasteiger partial charge in [0.15, 0.2) is 0 Å².